The van der Waals surface area contributed by atoms with Gasteiger partial charge in [0.15, 0.2) is 0 Å². The van der Waals surface area contributed by atoms with Gasteiger partial charge in [0.1, 0.15) is 6.26 Å². The molecule has 1 unspecified atom stereocenters. The summed E-state index contributed by atoms with van der Waals surface area (Å²) in [6.07, 6.45) is 3.76. The molecule has 5 heteroatoms. The molecule has 1 aliphatic heterocycles. The third kappa shape index (κ3) is 3.64. The Labute approximate surface area is 129 Å². The third-order valence-electron chi connectivity index (χ3n) is 3.92. The zero-order valence-corrected chi connectivity index (χ0v) is 12.6. The van der Waals surface area contributed by atoms with Crippen LogP contribution in [0.4, 0.5) is 0 Å². The second-order valence-corrected chi connectivity index (χ2v) is 5.99. The monoisotopic (exact) mass is 306 g/mol. The van der Waals surface area contributed by atoms with Gasteiger partial charge in [-0.3, -0.25) is 4.90 Å². The van der Waals surface area contributed by atoms with Gasteiger partial charge in [0.05, 0.1) is 5.69 Å². The van der Waals surface area contributed by atoms with Crippen molar-refractivity contribution >= 4 is 11.6 Å². The van der Waals surface area contributed by atoms with E-state index in [1.165, 1.54) is 0 Å². The zero-order chi connectivity index (χ0) is 14.7. The van der Waals surface area contributed by atoms with Crippen LogP contribution in [0.15, 0.2) is 34.9 Å². The predicted octanol–water partition coefficient (Wildman–Crippen LogP) is 3.20. The van der Waals surface area contributed by atoms with Crippen molar-refractivity contribution in [2.45, 2.75) is 19.4 Å². The van der Waals surface area contributed by atoms with E-state index in [-0.39, 0.29) is 6.61 Å². The molecule has 0 aliphatic carbocycles. The molecule has 0 amide bonds. The Morgan fingerprint density at radius 2 is 2.33 bits per heavy atom. The summed E-state index contributed by atoms with van der Waals surface area (Å²) >= 11 is 5.99. The van der Waals surface area contributed by atoms with Gasteiger partial charge in [0.2, 0.25) is 5.89 Å². The van der Waals surface area contributed by atoms with E-state index in [0.717, 1.165) is 43.7 Å². The van der Waals surface area contributed by atoms with Crippen LogP contribution in [0.2, 0.25) is 5.02 Å². The summed E-state index contributed by atoms with van der Waals surface area (Å²) in [5.74, 6) is 1.22. The van der Waals surface area contributed by atoms with E-state index in [2.05, 4.69) is 9.88 Å². The van der Waals surface area contributed by atoms with Crippen LogP contribution in [0.25, 0.3) is 11.5 Å². The summed E-state index contributed by atoms with van der Waals surface area (Å²) < 4.78 is 5.55. The summed E-state index contributed by atoms with van der Waals surface area (Å²) in [6.45, 7) is 3.16. The Morgan fingerprint density at radius 1 is 1.43 bits per heavy atom. The number of halogens is 1. The van der Waals surface area contributed by atoms with Gasteiger partial charge in [0.25, 0.3) is 0 Å². The average Bonchev–Trinajstić information content (AvgIpc) is 3.10. The molecule has 21 heavy (non-hydrogen) atoms. The second kappa shape index (κ2) is 6.60. The lowest BCUT2D eigenvalue weighted by Crippen LogP contribution is -2.20. The summed E-state index contributed by atoms with van der Waals surface area (Å²) in [5.41, 5.74) is 1.84. The van der Waals surface area contributed by atoms with E-state index in [1.54, 1.807) is 6.26 Å². The number of aromatic nitrogens is 1. The Kier molecular flexibility index (Phi) is 4.58. The minimum atomic E-state index is 0.279. The largest absolute Gasteiger partial charge is 0.444 e. The summed E-state index contributed by atoms with van der Waals surface area (Å²) in [5, 5.41) is 9.68. The lowest BCUT2D eigenvalue weighted by Gasteiger charge is -2.13. The van der Waals surface area contributed by atoms with E-state index in [9.17, 15) is 0 Å². The first kappa shape index (κ1) is 14.6. The number of oxazole rings is 1. The Bertz CT molecular complexity index is 599. The van der Waals surface area contributed by atoms with Crippen LogP contribution in [0.1, 0.15) is 18.5 Å². The van der Waals surface area contributed by atoms with Crippen molar-refractivity contribution in [3.63, 3.8) is 0 Å². The minimum Gasteiger partial charge on any atom is -0.444 e. The van der Waals surface area contributed by atoms with Gasteiger partial charge in [-0.2, -0.15) is 0 Å². The smallest absolute Gasteiger partial charge is 0.226 e. The number of aliphatic hydroxyl groups is 1. The van der Waals surface area contributed by atoms with Crippen molar-refractivity contribution in [2.24, 2.45) is 5.92 Å². The summed E-state index contributed by atoms with van der Waals surface area (Å²) in [6, 6.07) is 7.51. The maximum Gasteiger partial charge on any atom is 0.226 e. The zero-order valence-electron chi connectivity index (χ0n) is 11.8. The van der Waals surface area contributed by atoms with Crippen LogP contribution < -0.4 is 0 Å². The van der Waals surface area contributed by atoms with Crippen LogP contribution in [0.5, 0.6) is 0 Å². The molecule has 1 aromatic heterocycles. The second-order valence-electron chi connectivity index (χ2n) is 5.56. The number of aliphatic hydroxyl groups excluding tert-OH is 1. The molecule has 1 N–H and O–H groups in total. The molecule has 0 saturated carbocycles. The van der Waals surface area contributed by atoms with Crippen molar-refractivity contribution in [3.05, 3.63) is 41.2 Å². The molecule has 112 valence electrons. The lowest BCUT2D eigenvalue weighted by atomic mass is 10.1. The topological polar surface area (TPSA) is 49.5 Å². The van der Waals surface area contributed by atoms with E-state index >= 15 is 0 Å². The molecule has 2 aromatic rings. The van der Waals surface area contributed by atoms with E-state index in [1.807, 2.05) is 24.3 Å². The van der Waals surface area contributed by atoms with Crippen LogP contribution in [-0.4, -0.2) is 34.7 Å². The van der Waals surface area contributed by atoms with Gasteiger partial charge in [0, 0.05) is 30.3 Å². The highest BCUT2D eigenvalue weighted by atomic mass is 35.5. The van der Waals surface area contributed by atoms with Gasteiger partial charge in [-0.1, -0.05) is 17.7 Å². The molecule has 3 rings (SSSR count). The first-order valence-electron chi connectivity index (χ1n) is 7.28. The predicted molar refractivity (Wildman–Crippen MR) is 82.0 cm³/mol. The van der Waals surface area contributed by atoms with Gasteiger partial charge in [-0.25, -0.2) is 4.98 Å². The fraction of sp³-hybridized carbons (Fsp3) is 0.438. The van der Waals surface area contributed by atoms with Crippen LogP contribution in [-0.2, 0) is 6.54 Å². The molecule has 4 nitrogen and oxygen atoms in total. The van der Waals surface area contributed by atoms with Crippen LogP contribution in [0.3, 0.4) is 0 Å². The maximum atomic E-state index is 9.00. The van der Waals surface area contributed by atoms with Crippen molar-refractivity contribution in [1.29, 1.82) is 0 Å². The highest BCUT2D eigenvalue weighted by Crippen LogP contribution is 2.24. The van der Waals surface area contributed by atoms with Gasteiger partial charge >= 0.3 is 0 Å². The van der Waals surface area contributed by atoms with Crippen molar-refractivity contribution in [3.8, 4) is 11.5 Å². The molecule has 1 atom stereocenters. The average molecular weight is 307 g/mol. The van der Waals surface area contributed by atoms with E-state index in [0.29, 0.717) is 16.8 Å². The third-order valence-corrected chi connectivity index (χ3v) is 4.15. The maximum absolute atomic E-state index is 9.00. The Morgan fingerprint density at radius 3 is 3.14 bits per heavy atom. The molecule has 2 heterocycles. The SMILES string of the molecule is OCCC1CCN(Cc2coc(-c3cccc(Cl)c3)n2)C1. The number of hydrogen-bond donors (Lipinski definition) is 1. The van der Waals surface area contributed by atoms with Gasteiger partial charge < -0.3 is 9.52 Å². The normalized spacial score (nSPS) is 19.2. The summed E-state index contributed by atoms with van der Waals surface area (Å²) in [7, 11) is 0. The molecular weight excluding hydrogens is 288 g/mol. The summed E-state index contributed by atoms with van der Waals surface area (Å²) in [4.78, 5) is 6.90. The fourth-order valence-electron chi connectivity index (χ4n) is 2.84. The first-order valence-corrected chi connectivity index (χ1v) is 7.66. The van der Waals surface area contributed by atoms with Gasteiger partial charge in [-0.05, 0) is 43.5 Å². The highest BCUT2D eigenvalue weighted by Gasteiger charge is 2.22. The van der Waals surface area contributed by atoms with Crippen LogP contribution in [0, 0.1) is 5.92 Å². The molecule has 0 bridgehead atoms. The molecule has 1 aliphatic rings. The Hall–Kier alpha value is -1.36. The van der Waals surface area contributed by atoms with E-state index < -0.39 is 0 Å². The van der Waals surface area contributed by atoms with Gasteiger partial charge in [-0.15, -0.1) is 0 Å². The molecule has 0 radical (unpaired) electrons. The number of nitrogens with zero attached hydrogens (tertiary/aromatic N) is 2. The lowest BCUT2D eigenvalue weighted by molar-refractivity contribution is 0.249. The molecule has 1 aromatic carbocycles. The number of benzene rings is 1. The molecule has 1 saturated heterocycles. The first-order chi connectivity index (χ1) is 10.2. The van der Waals surface area contributed by atoms with Crippen LogP contribution >= 0.6 is 11.6 Å². The standard InChI is InChI=1S/C16H19ClN2O2/c17-14-3-1-2-13(8-14)16-18-15(11-21-16)10-19-6-4-12(9-19)5-7-20/h1-3,8,11-12,20H,4-7,9-10H2. The Balaban J connectivity index is 1.63. The molecule has 1 fully saturated rings. The van der Waals surface area contributed by atoms with Crippen molar-refractivity contribution < 1.29 is 9.52 Å². The van der Waals surface area contributed by atoms with Crippen molar-refractivity contribution in [1.82, 2.24) is 9.88 Å². The number of likely N-dealkylation sites (tertiary alicyclic amines) is 1. The highest BCUT2D eigenvalue weighted by molar-refractivity contribution is 6.30. The quantitative estimate of drug-likeness (QED) is 0.921. The number of rotatable bonds is 5. The number of hydrogen-bond acceptors (Lipinski definition) is 4. The molecular formula is C16H19ClN2O2. The minimum absolute atomic E-state index is 0.279. The van der Waals surface area contributed by atoms with Crippen molar-refractivity contribution in [2.75, 3.05) is 19.7 Å². The fourth-order valence-corrected chi connectivity index (χ4v) is 3.03. The molecule has 0 spiro atoms. The van der Waals surface area contributed by atoms with E-state index in [4.69, 9.17) is 21.1 Å².